The zero-order valence-electron chi connectivity index (χ0n) is 20.9. The quantitative estimate of drug-likeness (QED) is 0.521. The Labute approximate surface area is 174 Å². The van der Waals surface area contributed by atoms with E-state index in [2.05, 4.69) is 108 Å². The molecule has 2 rings (SSSR count). The summed E-state index contributed by atoms with van der Waals surface area (Å²) in [5.74, 6) is 0. The van der Waals surface area contributed by atoms with Crippen molar-refractivity contribution in [3.63, 3.8) is 0 Å². The second kappa shape index (κ2) is 6.23. The van der Waals surface area contributed by atoms with E-state index in [1.807, 2.05) is 0 Å². The Morgan fingerprint density at radius 3 is 0.815 bits per heavy atom. The summed E-state index contributed by atoms with van der Waals surface area (Å²) < 4.78 is 4.73. The van der Waals surface area contributed by atoms with E-state index in [0.29, 0.717) is 0 Å². The van der Waals surface area contributed by atoms with Crippen LogP contribution in [-0.4, -0.2) is 88.3 Å². The molecule has 2 saturated heterocycles. The first kappa shape index (κ1) is 23.7. The molecule has 2 aliphatic rings. The molecule has 0 aliphatic carbocycles. The fourth-order valence-electron chi connectivity index (χ4n) is 7.20. The molecule has 0 bridgehead atoms. The van der Waals surface area contributed by atoms with Gasteiger partial charge in [0, 0.05) is 0 Å². The van der Waals surface area contributed by atoms with E-state index >= 15 is 0 Å². The Hall–Kier alpha value is 0.448. The minimum absolute atomic E-state index is 0.149. The van der Waals surface area contributed by atoms with Crippen LogP contribution in [0.15, 0.2) is 0 Å². The molecule has 0 aromatic carbocycles. The normalized spacial score (nSPS) is 48.8. The average molecular weight is 559 g/mol. The number of quaternary nitrogens is 4. The van der Waals surface area contributed by atoms with Gasteiger partial charge in [0.25, 0.3) is 0 Å². The molecule has 0 amide bonds. The van der Waals surface area contributed by atoms with Crippen LogP contribution in [0.5, 0.6) is 0 Å². The van der Waals surface area contributed by atoms with Gasteiger partial charge in [0.05, 0.1) is 0 Å². The third-order valence-electron chi connectivity index (χ3n) is 7.26. The Morgan fingerprint density at radius 1 is 0.519 bits per heavy atom. The maximum absolute atomic E-state index is 3.08. The molecule has 27 heavy (non-hydrogen) atoms. The van der Waals surface area contributed by atoms with Crippen molar-refractivity contribution in [1.82, 2.24) is 10.2 Å². The van der Waals surface area contributed by atoms with Gasteiger partial charge in [-0.15, -0.1) is 0 Å². The SMILES string of the molecule is CC[N+]1(C)N(C(C)(C)C)[N+](C)(CC)[W]12[N+](C)(CC)N(C(C)(C)C)[N+]2(C)CC. The Morgan fingerprint density at radius 2 is 0.704 bits per heavy atom. The summed E-state index contributed by atoms with van der Waals surface area (Å²) >= 11 is -3.08. The average Bonchev–Trinajstić information content (AvgIpc) is 2.50. The van der Waals surface area contributed by atoms with Gasteiger partial charge < -0.3 is 0 Å². The molecule has 4 atom stereocenters. The van der Waals surface area contributed by atoms with Crippen LogP contribution >= 0.6 is 0 Å². The number of hydrogen-bond donors (Lipinski definition) is 0. The minimum atomic E-state index is -3.08. The zero-order chi connectivity index (χ0) is 21.5. The zero-order valence-corrected chi connectivity index (χ0v) is 23.9. The Balaban J connectivity index is 2.90. The van der Waals surface area contributed by atoms with Crippen LogP contribution in [0.1, 0.15) is 69.2 Å². The third kappa shape index (κ3) is 2.22. The van der Waals surface area contributed by atoms with Gasteiger partial charge in [0.1, 0.15) is 0 Å². The summed E-state index contributed by atoms with van der Waals surface area (Å²) in [7, 11) is 10.3. The molecule has 162 valence electrons. The summed E-state index contributed by atoms with van der Waals surface area (Å²) in [6, 6.07) is 0. The van der Waals surface area contributed by atoms with Crippen LogP contribution in [0.3, 0.4) is 0 Å². The monoisotopic (exact) mass is 558 g/mol. The van der Waals surface area contributed by atoms with Crippen LogP contribution < -0.4 is 0 Å². The van der Waals surface area contributed by atoms with Crippen molar-refractivity contribution < 1.29 is 29.7 Å². The van der Waals surface area contributed by atoms with Crippen LogP contribution in [0, 0.1) is 0 Å². The van der Waals surface area contributed by atoms with Crippen molar-refractivity contribution in [1.29, 1.82) is 0 Å². The first-order valence-corrected chi connectivity index (χ1v) is 16.1. The van der Waals surface area contributed by atoms with E-state index in [9.17, 15) is 0 Å². The van der Waals surface area contributed by atoms with Gasteiger partial charge in [0.2, 0.25) is 0 Å². The van der Waals surface area contributed by atoms with Crippen molar-refractivity contribution in [2.45, 2.75) is 80.3 Å². The second-order valence-electron chi connectivity index (χ2n) is 10.9. The van der Waals surface area contributed by atoms with Crippen molar-refractivity contribution in [3.05, 3.63) is 0 Å². The van der Waals surface area contributed by atoms with Gasteiger partial charge in [-0.1, -0.05) is 0 Å². The molecule has 0 aromatic rings. The van der Waals surface area contributed by atoms with Gasteiger partial charge in [-0.2, -0.15) is 0 Å². The summed E-state index contributed by atoms with van der Waals surface area (Å²) in [6.07, 6.45) is 0. The van der Waals surface area contributed by atoms with E-state index in [-0.39, 0.29) is 11.1 Å². The summed E-state index contributed by atoms with van der Waals surface area (Å²) in [5.41, 5.74) is 0.299. The summed E-state index contributed by atoms with van der Waals surface area (Å²) in [5, 5.41) is 5.70. The van der Waals surface area contributed by atoms with Crippen LogP contribution in [0.2, 0.25) is 0 Å². The Bertz CT molecular complexity index is 507. The molecule has 2 aliphatic heterocycles. The van der Waals surface area contributed by atoms with Gasteiger partial charge in [0.15, 0.2) is 0 Å². The molecule has 2 fully saturated rings. The molecule has 7 heteroatoms. The molecule has 0 aromatic heterocycles. The predicted octanol–water partition coefficient (Wildman–Crippen LogP) is 3.55. The molecule has 6 nitrogen and oxygen atoms in total. The van der Waals surface area contributed by atoms with Gasteiger partial charge in [-0.05, 0) is 0 Å². The van der Waals surface area contributed by atoms with Crippen molar-refractivity contribution in [2.24, 2.45) is 0 Å². The van der Waals surface area contributed by atoms with Crippen molar-refractivity contribution in [2.75, 3.05) is 54.4 Å². The summed E-state index contributed by atoms with van der Waals surface area (Å²) in [6.45, 7) is 29.0. The first-order valence-electron chi connectivity index (χ1n) is 10.9. The molecular formula is C20H50N6W+4. The topological polar surface area (TPSA) is 6.48 Å². The third-order valence-corrected chi connectivity index (χ3v) is 28.4. The molecular weight excluding hydrogens is 508 g/mol. The van der Waals surface area contributed by atoms with Gasteiger partial charge >= 0.3 is 175 Å². The van der Waals surface area contributed by atoms with Crippen LogP contribution in [0.25, 0.3) is 0 Å². The van der Waals surface area contributed by atoms with Gasteiger partial charge in [-0.3, -0.25) is 0 Å². The van der Waals surface area contributed by atoms with Gasteiger partial charge in [-0.25, -0.2) is 0 Å². The number of rotatable bonds is 4. The predicted molar refractivity (Wildman–Crippen MR) is 110 cm³/mol. The Kier molecular flexibility index (Phi) is 5.47. The molecule has 1 spiro atoms. The summed E-state index contributed by atoms with van der Waals surface area (Å²) in [4.78, 5) is 0. The molecule has 0 N–H and O–H groups in total. The molecule has 0 saturated carbocycles. The fourth-order valence-corrected chi connectivity index (χ4v) is 36.6. The molecule has 2 heterocycles. The fraction of sp³-hybridized carbons (Fsp3) is 1.00. The standard InChI is InChI=1S/2C10H25N3.W/c2*1-8-11(6)13(10(3,4)5)12(7)9-2;/h2*8-9H2,1-7H3;/q;;+4. The van der Waals surface area contributed by atoms with E-state index < -0.39 is 17.1 Å². The number of nitrogens with zero attached hydrogens (tertiary/aromatic N) is 6. The maximum atomic E-state index is 2.85. The van der Waals surface area contributed by atoms with Crippen molar-refractivity contribution in [3.8, 4) is 0 Å². The molecule has 4 unspecified atom stereocenters. The van der Waals surface area contributed by atoms with E-state index in [1.165, 1.54) is 38.8 Å². The molecule has 0 radical (unpaired) electrons. The van der Waals surface area contributed by atoms with E-state index in [4.69, 9.17) is 0 Å². The second-order valence-corrected chi connectivity index (χ2v) is 25.7. The van der Waals surface area contributed by atoms with E-state index in [0.717, 1.165) is 0 Å². The first-order chi connectivity index (χ1) is 12.0. The number of hydrogen-bond acceptors (Lipinski definition) is 2. The van der Waals surface area contributed by atoms with E-state index in [1.54, 1.807) is 0 Å². The van der Waals surface area contributed by atoms with Crippen LogP contribution in [-0.2, 0) is 17.1 Å². The van der Waals surface area contributed by atoms with Crippen LogP contribution in [0.4, 0.5) is 0 Å². The van der Waals surface area contributed by atoms with Crippen molar-refractivity contribution >= 4 is 0 Å².